The van der Waals surface area contributed by atoms with Crippen LogP contribution in [0.25, 0.3) is 0 Å². The second kappa shape index (κ2) is 5.72. The van der Waals surface area contributed by atoms with Crippen molar-refractivity contribution in [3.05, 3.63) is 35.4 Å². The first-order valence-corrected chi connectivity index (χ1v) is 7.53. The molecule has 0 aliphatic carbocycles. The lowest BCUT2D eigenvalue weighted by molar-refractivity contribution is -0.0688. The van der Waals surface area contributed by atoms with E-state index < -0.39 is 29.5 Å². The molecule has 2 aliphatic rings. The molecule has 1 N–H and O–H groups in total. The normalized spacial score (nSPS) is 28.9. The van der Waals surface area contributed by atoms with Crippen molar-refractivity contribution in [2.24, 2.45) is 0 Å². The summed E-state index contributed by atoms with van der Waals surface area (Å²) in [6, 6.07) is 2.72. The van der Waals surface area contributed by atoms with Crippen molar-refractivity contribution >= 4 is 6.09 Å². The van der Waals surface area contributed by atoms with Crippen molar-refractivity contribution in [2.45, 2.75) is 50.7 Å². The maximum Gasteiger partial charge on any atom is 0.409 e. The molecule has 1 aromatic carbocycles. The molecule has 2 saturated heterocycles. The smallest absolute Gasteiger partial charge is 0.409 e. The molecule has 3 atom stereocenters. The molecule has 0 bridgehead atoms. The maximum atomic E-state index is 13.4. The molecule has 1 amide bonds. The van der Waals surface area contributed by atoms with Gasteiger partial charge in [-0.1, -0.05) is 0 Å². The Bertz CT molecular complexity index is 598. The van der Waals surface area contributed by atoms with Gasteiger partial charge in [0.25, 0.3) is 0 Å². The van der Waals surface area contributed by atoms with Gasteiger partial charge in [-0.3, -0.25) is 4.90 Å². The minimum absolute atomic E-state index is 0.0660. The Morgan fingerprint density at radius 3 is 2.48 bits per heavy atom. The molecule has 2 heterocycles. The fraction of sp³-hybridized carbons (Fsp3) is 0.562. The second-order valence-corrected chi connectivity index (χ2v) is 6.50. The van der Waals surface area contributed by atoms with Gasteiger partial charge in [-0.15, -0.1) is 0 Å². The number of carbonyl (C=O) groups is 1. The number of nitrogens with zero attached hydrogens (tertiary/aromatic N) is 1. The van der Waals surface area contributed by atoms with Gasteiger partial charge in [-0.05, 0) is 38.0 Å². The van der Waals surface area contributed by atoms with Gasteiger partial charge in [0.1, 0.15) is 17.4 Å². The summed E-state index contributed by atoms with van der Waals surface area (Å²) in [5.41, 5.74) is -0.594. The van der Waals surface area contributed by atoms with Crippen molar-refractivity contribution in [3.8, 4) is 0 Å². The zero-order valence-electron chi connectivity index (χ0n) is 13.0. The molecule has 2 fully saturated rings. The van der Waals surface area contributed by atoms with Gasteiger partial charge in [0, 0.05) is 12.5 Å². The molecule has 3 rings (SSSR count). The molecule has 2 aliphatic heterocycles. The maximum absolute atomic E-state index is 13.4. The number of benzene rings is 1. The summed E-state index contributed by atoms with van der Waals surface area (Å²) in [6.07, 6.45) is -0.676. The largest absolute Gasteiger partial charge is 0.465 e. The Kier molecular flexibility index (Phi) is 4.01. The lowest BCUT2D eigenvalue weighted by Crippen LogP contribution is -2.48. The van der Waals surface area contributed by atoms with E-state index in [4.69, 9.17) is 9.47 Å². The second-order valence-electron chi connectivity index (χ2n) is 6.50. The molecule has 5 nitrogen and oxygen atoms in total. The molecule has 126 valence electrons. The van der Waals surface area contributed by atoms with Crippen LogP contribution in [0.15, 0.2) is 18.2 Å². The van der Waals surface area contributed by atoms with Gasteiger partial charge >= 0.3 is 6.09 Å². The summed E-state index contributed by atoms with van der Waals surface area (Å²) in [5.74, 6) is -1.36. The zero-order chi connectivity index (χ0) is 16.8. The van der Waals surface area contributed by atoms with E-state index in [2.05, 4.69) is 0 Å². The first kappa shape index (κ1) is 16.1. The van der Waals surface area contributed by atoms with Gasteiger partial charge in [0.2, 0.25) is 0 Å². The Balaban J connectivity index is 1.87. The van der Waals surface area contributed by atoms with E-state index in [1.165, 1.54) is 17.0 Å². The van der Waals surface area contributed by atoms with Gasteiger partial charge in [-0.2, -0.15) is 0 Å². The molecule has 7 heteroatoms. The summed E-state index contributed by atoms with van der Waals surface area (Å²) in [6.45, 7) is 3.98. The van der Waals surface area contributed by atoms with Crippen LogP contribution in [0, 0.1) is 11.6 Å². The summed E-state index contributed by atoms with van der Waals surface area (Å²) >= 11 is 0. The van der Waals surface area contributed by atoms with Gasteiger partial charge in [0.05, 0.1) is 24.9 Å². The van der Waals surface area contributed by atoms with E-state index in [9.17, 15) is 18.7 Å². The summed E-state index contributed by atoms with van der Waals surface area (Å²) in [7, 11) is 0. The lowest BCUT2D eigenvalue weighted by Gasteiger charge is -2.31. The average Bonchev–Trinajstić information content (AvgIpc) is 3.14. The number of hydrogen-bond acceptors (Lipinski definition) is 3. The quantitative estimate of drug-likeness (QED) is 0.864. The Hall–Kier alpha value is -1.73. The highest BCUT2D eigenvalue weighted by molar-refractivity contribution is 5.67. The van der Waals surface area contributed by atoms with E-state index in [-0.39, 0.29) is 18.6 Å². The topological polar surface area (TPSA) is 62.3 Å². The molecule has 23 heavy (non-hydrogen) atoms. The number of amides is 1. The first-order chi connectivity index (χ1) is 10.8. The van der Waals surface area contributed by atoms with Crippen LogP contribution >= 0.6 is 0 Å². The van der Waals surface area contributed by atoms with Crippen LogP contribution < -0.4 is 0 Å². The minimum Gasteiger partial charge on any atom is -0.465 e. The number of halogens is 2. The molecule has 0 saturated carbocycles. The third-order valence-corrected chi connectivity index (χ3v) is 4.25. The zero-order valence-corrected chi connectivity index (χ0v) is 13.0. The molecule has 0 aromatic heterocycles. The highest BCUT2D eigenvalue weighted by Gasteiger charge is 2.51. The number of epoxide rings is 1. The van der Waals surface area contributed by atoms with Gasteiger partial charge in [0.15, 0.2) is 0 Å². The molecular formula is C16H19F2NO4. The lowest BCUT2D eigenvalue weighted by atomic mass is 9.97. The van der Waals surface area contributed by atoms with Crippen molar-refractivity contribution in [3.63, 3.8) is 0 Å². The van der Waals surface area contributed by atoms with Crippen LogP contribution in [0.5, 0.6) is 0 Å². The van der Waals surface area contributed by atoms with Crippen molar-refractivity contribution < 1.29 is 28.2 Å². The van der Waals surface area contributed by atoms with E-state index in [1.807, 2.05) is 0 Å². The van der Waals surface area contributed by atoms with Crippen LogP contribution in [-0.4, -0.2) is 46.7 Å². The predicted molar refractivity (Wildman–Crippen MR) is 77.0 cm³/mol. The first-order valence-electron chi connectivity index (χ1n) is 7.53. The van der Waals surface area contributed by atoms with E-state index in [0.717, 1.165) is 6.07 Å². The average molecular weight is 327 g/mol. The highest BCUT2D eigenvalue weighted by atomic mass is 19.1. The van der Waals surface area contributed by atoms with Crippen molar-refractivity contribution in [1.29, 1.82) is 0 Å². The van der Waals surface area contributed by atoms with E-state index >= 15 is 0 Å². The standard InChI is InChI=1S/C16H19F2NO4/c1-16(2)19(15(20)21)13(14(23-16)7-12-8-22-12)5-9-3-10(17)6-11(18)4-9/h3-4,6,12-14H,5,7-8H2,1-2H3,(H,20,21)/t12-,13+,14-/m1/s1. The van der Waals surface area contributed by atoms with Crippen LogP contribution in [0.2, 0.25) is 0 Å². The summed E-state index contributed by atoms with van der Waals surface area (Å²) in [5, 5.41) is 9.54. The van der Waals surface area contributed by atoms with Crippen LogP contribution in [0.4, 0.5) is 13.6 Å². The van der Waals surface area contributed by atoms with Crippen molar-refractivity contribution in [1.82, 2.24) is 4.90 Å². The minimum atomic E-state index is -1.11. The number of carboxylic acid groups (broad SMARTS) is 1. The molecule has 1 aromatic rings. The molecule has 0 spiro atoms. The molecule has 0 radical (unpaired) electrons. The van der Waals surface area contributed by atoms with Gasteiger partial charge in [-0.25, -0.2) is 13.6 Å². The number of ether oxygens (including phenoxy) is 2. The van der Waals surface area contributed by atoms with Crippen LogP contribution in [-0.2, 0) is 15.9 Å². The van der Waals surface area contributed by atoms with Gasteiger partial charge < -0.3 is 14.6 Å². The molecular weight excluding hydrogens is 308 g/mol. The summed E-state index contributed by atoms with van der Waals surface area (Å²) < 4.78 is 37.9. The monoisotopic (exact) mass is 327 g/mol. The Labute approximate surface area is 132 Å². The number of hydrogen-bond donors (Lipinski definition) is 1. The third kappa shape index (κ3) is 3.45. The van der Waals surface area contributed by atoms with Crippen LogP contribution in [0.3, 0.4) is 0 Å². The Morgan fingerprint density at radius 2 is 1.96 bits per heavy atom. The third-order valence-electron chi connectivity index (χ3n) is 4.25. The number of rotatable bonds is 4. The SMILES string of the molecule is CC1(C)O[C@H](C[C@@H]2CO2)[C@H](Cc2cc(F)cc(F)c2)N1C(=O)O. The van der Waals surface area contributed by atoms with Crippen molar-refractivity contribution in [2.75, 3.05) is 6.61 Å². The Morgan fingerprint density at radius 1 is 1.35 bits per heavy atom. The molecule has 0 unspecified atom stereocenters. The van der Waals surface area contributed by atoms with E-state index in [1.54, 1.807) is 13.8 Å². The fourth-order valence-corrected chi connectivity index (χ4v) is 3.31. The van der Waals surface area contributed by atoms with E-state index in [0.29, 0.717) is 18.6 Å². The van der Waals surface area contributed by atoms with Crippen LogP contribution in [0.1, 0.15) is 25.8 Å². The fourth-order valence-electron chi connectivity index (χ4n) is 3.31. The predicted octanol–water partition coefficient (Wildman–Crippen LogP) is 2.78. The summed E-state index contributed by atoms with van der Waals surface area (Å²) in [4.78, 5) is 12.9. The highest BCUT2D eigenvalue weighted by Crippen LogP contribution is 2.37.